The molecule has 0 atom stereocenters. The van der Waals surface area contributed by atoms with E-state index < -0.39 is 5.97 Å². The third-order valence-corrected chi connectivity index (χ3v) is 7.09. The summed E-state index contributed by atoms with van der Waals surface area (Å²) in [4.78, 5) is 16.8. The van der Waals surface area contributed by atoms with Crippen molar-refractivity contribution in [2.45, 2.75) is 26.7 Å². The van der Waals surface area contributed by atoms with Crippen molar-refractivity contribution in [1.82, 2.24) is 0 Å². The summed E-state index contributed by atoms with van der Waals surface area (Å²) < 4.78 is 19.8. The zero-order chi connectivity index (χ0) is 21.7. The number of ether oxygens (including phenoxy) is 3. The van der Waals surface area contributed by atoms with Gasteiger partial charge in [0.2, 0.25) is 5.90 Å². The Balaban J connectivity index is 1.92. The van der Waals surface area contributed by atoms with Gasteiger partial charge in [-0.25, -0.2) is 9.79 Å². The highest BCUT2D eigenvalue weighted by Gasteiger charge is 2.25. The highest BCUT2D eigenvalue weighted by Crippen LogP contribution is 2.38. The normalized spacial score (nSPS) is 14.6. The van der Waals surface area contributed by atoms with Gasteiger partial charge in [0.25, 0.3) is 0 Å². The molecule has 2 aromatic rings. The van der Waals surface area contributed by atoms with E-state index >= 15 is 0 Å². The summed E-state index contributed by atoms with van der Waals surface area (Å²) in [6, 6.07) is 9.39. The van der Waals surface area contributed by atoms with Crippen molar-refractivity contribution in [1.29, 1.82) is 0 Å². The molecule has 1 aliphatic heterocycles. The Hall–Kier alpha value is -1.39. The van der Waals surface area contributed by atoms with Gasteiger partial charge in [0.05, 0.1) is 17.7 Å². The minimum atomic E-state index is -0.489. The van der Waals surface area contributed by atoms with E-state index in [1.807, 2.05) is 37.3 Å². The molecule has 0 saturated heterocycles. The molecule has 0 bridgehead atoms. The van der Waals surface area contributed by atoms with E-state index in [9.17, 15) is 4.79 Å². The minimum Gasteiger partial charge on any atom is -0.490 e. The van der Waals surface area contributed by atoms with Crippen LogP contribution in [-0.2, 0) is 9.53 Å². The van der Waals surface area contributed by atoms with Gasteiger partial charge in [-0.1, -0.05) is 13.3 Å². The van der Waals surface area contributed by atoms with Crippen LogP contribution in [0, 0.1) is 3.57 Å². The molecule has 158 valence electrons. The molecule has 1 aliphatic rings. The van der Waals surface area contributed by atoms with Crippen LogP contribution in [0.25, 0.3) is 6.08 Å². The molecule has 0 radical (unpaired) electrons. The number of unbranched alkanes of at least 4 members (excludes halogenated alkanes) is 1. The molecule has 1 heterocycles. The lowest BCUT2D eigenvalue weighted by molar-refractivity contribution is -0.129. The predicted molar refractivity (Wildman–Crippen MR) is 133 cm³/mol. The quantitative estimate of drug-likeness (QED) is 0.138. The van der Waals surface area contributed by atoms with Crippen LogP contribution in [0.2, 0.25) is 0 Å². The molecule has 5 nitrogen and oxygen atoms in total. The average molecular weight is 649 g/mol. The fourth-order valence-corrected chi connectivity index (χ4v) is 4.00. The van der Waals surface area contributed by atoms with Crippen LogP contribution in [0.5, 0.6) is 11.5 Å². The Labute approximate surface area is 206 Å². The Morgan fingerprint density at radius 3 is 2.63 bits per heavy atom. The molecule has 8 heteroatoms. The molecule has 0 saturated carbocycles. The number of carbonyl (C=O) groups is 1. The number of aliphatic imine (C=N–C) groups is 1. The zero-order valence-electron chi connectivity index (χ0n) is 16.5. The number of hydrogen-bond acceptors (Lipinski definition) is 5. The van der Waals surface area contributed by atoms with E-state index in [0.29, 0.717) is 24.7 Å². The van der Waals surface area contributed by atoms with Crippen LogP contribution >= 0.6 is 54.5 Å². The number of nitrogens with zero attached hydrogens (tertiary/aromatic N) is 1. The third-order valence-electron chi connectivity index (χ3n) is 4.17. The standard InChI is InChI=1S/C22H20Br2INO4/c1-3-5-8-29-20-16(24)9-13(11-19(20)28-4-2)10-18-22(27)30-21(26-18)14-6-7-17(25)15(23)12-14/h6-7,9-12H,3-5,8H2,1-2H3/b18-10-. The minimum absolute atomic E-state index is 0.230. The van der Waals surface area contributed by atoms with Gasteiger partial charge in [0.15, 0.2) is 17.2 Å². The summed E-state index contributed by atoms with van der Waals surface area (Å²) in [7, 11) is 0. The van der Waals surface area contributed by atoms with Crippen molar-refractivity contribution in [3.8, 4) is 11.5 Å². The van der Waals surface area contributed by atoms with E-state index in [4.69, 9.17) is 14.2 Å². The summed E-state index contributed by atoms with van der Waals surface area (Å²) in [5.74, 6) is 1.07. The number of rotatable bonds is 8. The molecule has 0 N–H and O–H groups in total. The van der Waals surface area contributed by atoms with E-state index in [1.54, 1.807) is 6.08 Å². The Kier molecular flexibility index (Phi) is 8.35. The van der Waals surface area contributed by atoms with Gasteiger partial charge in [-0.3, -0.25) is 0 Å². The molecule has 0 fully saturated rings. The molecule has 0 amide bonds. The molecule has 0 aromatic heterocycles. The summed E-state index contributed by atoms with van der Waals surface area (Å²) in [5.41, 5.74) is 1.72. The second kappa shape index (κ2) is 10.8. The third kappa shape index (κ3) is 5.64. The van der Waals surface area contributed by atoms with Crippen molar-refractivity contribution in [3.63, 3.8) is 0 Å². The molecular formula is C22H20Br2INO4. The van der Waals surface area contributed by atoms with E-state index in [2.05, 4.69) is 66.4 Å². The summed E-state index contributed by atoms with van der Waals surface area (Å²) in [6.45, 7) is 5.14. The Morgan fingerprint density at radius 2 is 1.93 bits per heavy atom. The van der Waals surface area contributed by atoms with Gasteiger partial charge in [-0.05, 0) is 110 Å². The van der Waals surface area contributed by atoms with Crippen molar-refractivity contribution in [2.75, 3.05) is 13.2 Å². The Morgan fingerprint density at radius 1 is 1.13 bits per heavy atom. The lowest BCUT2D eigenvalue weighted by Crippen LogP contribution is -2.05. The fraction of sp³-hybridized carbons (Fsp3) is 0.273. The first-order valence-corrected chi connectivity index (χ1v) is 12.2. The first-order chi connectivity index (χ1) is 14.4. The molecule has 2 aromatic carbocycles. The second-order valence-electron chi connectivity index (χ2n) is 6.43. The number of cyclic esters (lactones) is 1. The fourth-order valence-electron chi connectivity index (χ4n) is 2.71. The van der Waals surface area contributed by atoms with Gasteiger partial charge >= 0.3 is 5.97 Å². The van der Waals surface area contributed by atoms with Crippen LogP contribution in [0.15, 0.2) is 50.0 Å². The van der Waals surface area contributed by atoms with E-state index in [0.717, 1.165) is 36.5 Å². The van der Waals surface area contributed by atoms with Gasteiger partial charge < -0.3 is 14.2 Å². The molecule has 3 rings (SSSR count). The molecule has 0 aliphatic carbocycles. The first-order valence-electron chi connectivity index (χ1n) is 9.50. The van der Waals surface area contributed by atoms with Gasteiger partial charge in [-0.15, -0.1) is 0 Å². The maximum absolute atomic E-state index is 12.4. The van der Waals surface area contributed by atoms with E-state index in [-0.39, 0.29) is 11.6 Å². The van der Waals surface area contributed by atoms with Crippen LogP contribution in [0.1, 0.15) is 37.8 Å². The lowest BCUT2D eigenvalue weighted by atomic mass is 10.1. The van der Waals surface area contributed by atoms with Crippen LogP contribution in [0.4, 0.5) is 0 Å². The SMILES string of the molecule is CCCCOc1c(Br)cc(/C=C2\N=C(c3ccc(I)c(Br)c3)OC2=O)cc1OCC. The van der Waals surface area contributed by atoms with E-state index in [1.165, 1.54) is 0 Å². The highest BCUT2D eigenvalue weighted by molar-refractivity contribution is 14.1. The average Bonchev–Trinajstić information content (AvgIpc) is 3.06. The van der Waals surface area contributed by atoms with Crippen LogP contribution in [0.3, 0.4) is 0 Å². The predicted octanol–water partition coefficient (Wildman–Crippen LogP) is 6.74. The number of halogens is 3. The summed E-state index contributed by atoms with van der Waals surface area (Å²) in [5, 5.41) is 0. The van der Waals surface area contributed by atoms with Crippen LogP contribution < -0.4 is 9.47 Å². The van der Waals surface area contributed by atoms with Gasteiger partial charge in [-0.2, -0.15) is 0 Å². The maximum Gasteiger partial charge on any atom is 0.363 e. The smallest absolute Gasteiger partial charge is 0.363 e. The second-order valence-corrected chi connectivity index (χ2v) is 9.30. The molecule has 0 unspecified atom stereocenters. The maximum atomic E-state index is 12.4. The summed E-state index contributed by atoms with van der Waals surface area (Å²) in [6.07, 6.45) is 3.69. The van der Waals surface area contributed by atoms with Gasteiger partial charge in [0, 0.05) is 13.6 Å². The first kappa shape index (κ1) is 23.3. The summed E-state index contributed by atoms with van der Waals surface area (Å²) >= 11 is 9.26. The van der Waals surface area contributed by atoms with Crippen molar-refractivity contribution < 1.29 is 19.0 Å². The largest absolute Gasteiger partial charge is 0.490 e. The molecular weight excluding hydrogens is 629 g/mol. The number of carbonyl (C=O) groups excluding carboxylic acids is 1. The van der Waals surface area contributed by atoms with Crippen LogP contribution in [-0.4, -0.2) is 25.1 Å². The zero-order valence-corrected chi connectivity index (χ0v) is 21.8. The number of hydrogen-bond donors (Lipinski definition) is 0. The molecule has 0 spiro atoms. The monoisotopic (exact) mass is 647 g/mol. The molecule has 30 heavy (non-hydrogen) atoms. The Bertz CT molecular complexity index is 1020. The topological polar surface area (TPSA) is 57.1 Å². The van der Waals surface area contributed by atoms with Crippen molar-refractivity contribution >= 4 is 72.4 Å². The number of benzene rings is 2. The van der Waals surface area contributed by atoms with Gasteiger partial charge in [0.1, 0.15) is 0 Å². The van der Waals surface area contributed by atoms with Crippen molar-refractivity contribution in [3.05, 3.63) is 59.7 Å². The lowest BCUT2D eigenvalue weighted by Gasteiger charge is -2.14. The highest BCUT2D eigenvalue weighted by atomic mass is 127. The number of esters is 1. The van der Waals surface area contributed by atoms with Crippen molar-refractivity contribution in [2.24, 2.45) is 4.99 Å².